The van der Waals surface area contributed by atoms with E-state index < -0.39 is 21.6 Å². The summed E-state index contributed by atoms with van der Waals surface area (Å²) in [5.74, 6) is -0.0663. The van der Waals surface area contributed by atoms with Crippen LogP contribution >= 0.6 is 11.3 Å². The number of nitrogens with zero attached hydrogens (tertiary/aromatic N) is 1. The fourth-order valence-electron chi connectivity index (χ4n) is 2.91. The van der Waals surface area contributed by atoms with Crippen LogP contribution in [0, 0.1) is 6.92 Å². The molecule has 1 amide bonds. The molecule has 2 aromatic carbocycles. The van der Waals surface area contributed by atoms with Gasteiger partial charge in [-0.05, 0) is 48.9 Å². The minimum absolute atomic E-state index is 0.0369. The van der Waals surface area contributed by atoms with Crippen LogP contribution in [0.25, 0.3) is 11.0 Å². The number of thiazole rings is 1. The molecule has 0 unspecified atom stereocenters. The topological polar surface area (TPSA) is 128 Å². The molecule has 0 aliphatic rings. The van der Waals surface area contributed by atoms with Gasteiger partial charge in [0, 0.05) is 34.8 Å². The number of amides is 1. The molecule has 2 aromatic heterocycles. The minimum Gasteiger partial charge on any atom is -0.484 e. The van der Waals surface area contributed by atoms with Crippen molar-refractivity contribution >= 4 is 49.1 Å². The number of carbonyl (C=O) groups excluding carboxylic acids is 1. The van der Waals surface area contributed by atoms with E-state index in [0.29, 0.717) is 17.0 Å². The SMILES string of the molecule is Cc1cc(=O)oc2cc(OCC(=O)Nc3ccc(S(=O)(=O)Nc4nccs4)cc3)ccc12. The molecule has 9 nitrogen and oxygen atoms in total. The van der Waals surface area contributed by atoms with Crippen molar-refractivity contribution in [1.29, 1.82) is 0 Å². The second kappa shape index (κ2) is 8.81. The molecule has 0 aliphatic heterocycles. The monoisotopic (exact) mass is 471 g/mol. The lowest BCUT2D eigenvalue weighted by Crippen LogP contribution is -2.20. The first-order chi connectivity index (χ1) is 15.3. The van der Waals surface area contributed by atoms with Crippen LogP contribution in [-0.2, 0) is 14.8 Å². The maximum Gasteiger partial charge on any atom is 0.336 e. The minimum atomic E-state index is -3.77. The Balaban J connectivity index is 1.37. The highest BCUT2D eigenvalue weighted by molar-refractivity contribution is 7.93. The van der Waals surface area contributed by atoms with Gasteiger partial charge in [0.1, 0.15) is 11.3 Å². The third-order valence-electron chi connectivity index (χ3n) is 4.40. The fraction of sp³-hybridized carbons (Fsp3) is 0.0952. The van der Waals surface area contributed by atoms with E-state index in [1.165, 1.54) is 47.9 Å². The number of nitrogens with one attached hydrogen (secondary N) is 2. The van der Waals surface area contributed by atoms with E-state index in [0.717, 1.165) is 10.9 Å². The summed E-state index contributed by atoms with van der Waals surface area (Å²) >= 11 is 1.17. The first-order valence-corrected chi connectivity index (χ1v) is 11.7. The molecular weight excluding hydrogens is 454 g/mol. The summed E-state index contributed by atoms with van der Waals surface area (Å²) in [7, 11) is -3.77. The van der Waals surface area contributed by atoms with Crippen LogP contribution in [0.15, 0.2) is 74.2 Å². The van der Waals surface area contributed by atoms with Gasteiger partial charge in [-0.2, -0.15) is 0 Å². The molecule has 4 aromatic rings. The summed E-state index contributed by atoms with van der Waals surface area (Å²) in [6.07, 6.45) is 1.50. The molecule has 32 heavy (non-hydrogen) atoms. The summed E-state index contributed by atoms with van der Waals surface area (Å²) in [6.45, 7) is 1.52. The van der Waals surface area contributed by atoms with Gasteiger partial charge >= 0.3 is 5.63 Å². The Bertz CT molecular complexity index is 1430. The van der Waals surface area contributed by atoms with Gasteiger partial charge in [-0.3, -0.25) is 9.52 Å². The number of ether oxygens (including phenoxy) is 1. The number of hydrogen-bond donors (Lipinski definition) is 2. The zero-order valence-corrected chi connectivity index (χ0v) is 18.3. The van der Waals surface area contributed by atoms with Crippen molar-refractivity contribution in [3.63, 3.8) is 0 Å². The molecule has 11 heteroatoms. The standard InChI is InChI=1S/C21H17N3O6S2/c1-13-10-20(26)30-18-11-15(4-7-17(13)18)29-12-19(25)23-14-2-5-16(6-3-14)32(27,28)24-21-22-8-9-31-21/h2-11H,12H2,1H3,(H,22,24)(H,23,25). The van der Waals surface area contributed by atoms with E-state index in [4.69, 9.17) is 9.15 Å². The van der Waals surface area contributed by atoms with Crippen molar-refractivity contribution in [3.05, 3.63) is 76.1 Å². The molecule has 4 rings (SSSR count). The van der Waals surface area contributed by atoms with Crippen molar-refractivity contribution in [2.24, 2.45) is 0 Å². The number of carbonyl (C=O) groups is 1. The molecule has 0 spiro atoms. The summed E-state index contributed by atoms with van der Waals surface area (Å²) in [4.78, 5) is 27.7. The molecule has 0 fully saturated rings. The summed E-state index contributed by atoms with van der Waals surface area (Å²) in [5, 5.41) is 5.33. The van der Waals surface area contributed by atoms with Gasteiger partial charge < -0.3 is 14.5 Å². The number of aromatic nitrogens is 1. The highest BCUT2D eigenvalue weighted by Gasteiger charge is 2.15. The largest absolute Gasteiger partial charge is 0.484 e. The van der Waals surface area contributed by atoms with Crippen LogP contribution < -0.4 is 20.4 Å². The number of fused-ring (bicyclic) bond motifs is 1. The maximum absolute atomic E-state index is 12.3. The van der Waals surface area contributed by atoms with Crippen LogP contribution in [0.2, 0.25) is 0 Å². The molecule has 2 heterocycles. The molecule has 0 aliphatic carbocycles. The molecule has 0 saturated carbocycles. The predicted octanol–water partition coefficient (Wildman–Crippen LogP) is 3.38. The van der Waals surface area contributed by atoms with Crippen LogP contribution in [0.5, 0.6) is 5.75 Å². The molecule has 0 saturated heterocycles. The van der Waals surface area contributed by atoms with Gasteiger partial charge in [0.05, 0.1) is 4.90 Å². The van der Waals surface area contributed by atoms with Crippen LogP contribution in [-0.4, -0.2) is 25.9 Å². The second-order valence-corrected chi connectivity index (χ2v) is 9.29. The third kappa shape index (κ3) is 4.95. The summed E-state index contributed by atoms with van der Waals surface area (Å²) < 4.78 is 37.7. The van der Waals surface area contributed by atoms with E-state index in [1.54, 1.807) is 30.5 Å². The Labute approximate surface area is 186 Å². The lowest BCUT2D eigenvalue weighted by molar-refractivity contribution is -0.118. The second-order valence-electron chi connectivity index (χ2n) is 6.71. The highest BCUT2D eigenvalue weighted by Crippen LogP contribution is 2.23. The normalized spacial score (nSPS) is 11.3. The number of aryl methyl sites for hydroxylation is 1. The quantitative estimate of drug-likeness (QED) is 0.396. The molecule has 2 N–H and O–H groups in total. The van der Waals surface area contributed by atoms with Crippen LogP contribution in [0.1, 0.15) is 5.56 Å². The number of hydrogen-bond acceptors (Lipinski definition) is 8. The number of sulfonamides is 1. The third-order valence-corrected chi connectivity index (χ3v) is 6.57. The Morgan fingerprint density at radius 1 is 1.16 bits per heavy atom. The van der Waals surface area contributed by atoms with Gasteiger partial charge in [0.2, 0.25) is 0 Å². The van der Waals surface area contributed by atoms with Gasteiger partial charge in [0.15, 0.2) is 11.7 Å². The van der Waals surface area contributed by atoms with Gasteiger partial charge in [0.25, 0.3) is 15.9 Å². The van der Waals surface area contributed by atoms with E-state index in [2.05, 4.69) is 15.0 Å². The van der Waals surface area contributed by atoms with Gasteiger partial charge in [-0.15, -0.1) is 11.3 Å². The molecular formula is C21H17N3O6S2. The first kappa shape index (κ1) is 21.5. The Morgan fingerprint density at radius 3 is 2.66 bits per heavy atom. The first-order valence-electron chi connectivity index (χ1n) is 9.30. The lowest BCUT2D eigenvalue weighted by Gasteiger charge is -2.09. The average Bonchev–Trinajstić information content (AvgIpc) is 3.24. The van der Waals surface area contributed by atoms with Crippen molar-refractivity contribution in [1.82, 2.24) is 4.98 Å². The maximum atomic E-state index is 12.3. The van der Waals surface area contributed by atoms with E-state index in [-0.39, 0.29) is 16.6 Å². The van der Waals surface area contributed by atoms with Gasteiger partial charge in [-0.25, -0.2) is 18.2 Å². The Morgan fingerprint density at radius 2 is 1.94 bits per heavy atom. The van der Waals surface area contributed by atoms with Crippen molar-refractivity contribution in [3.8, 4) is 5.75 Å². The van der Waals surface area contributed by atoms with Crippen molar-refractivity contribution < 1.29 is 22.4 Å². The fourth-order valence-corrected chi connectivity index (χ4v) is 4.69. The smallest absolute Gasteiger partial charge is 0.336 e. The molecule has 0 atom stereocenters. The zero-order valence-electron chi connectivity index (χ0n) is 16.7. The number of benzene rings is 2. The number of rotatable bonds is 7. The molecule has 0 bridgehead atoms. The van der Waals surface area contributed by atoms with Crippen LogP contribution in [0.4, 0.5) is 10.8 Å². The van der Waals surface area contributed by atoms with E-state index in [9.17, 15) is 18.0 Å². The predicted molar refractivity (Wildman–Crippen MR) is 121 cm³/mol. The average molecular weight is 472 g/mol. The Hall–Kier alpha value is -3.70. The van der Waals surface area contributed by atoms with Crippen molar-refractivity contribution in [2.45, 2.75) is 11.8 Å². The van der Waals surface area contributed by atoms with E-state index in [1.807, 2.05) is 0 Å². The van der Waals surface area contributed by atoms with Gasteiger partial charge in [-0.1, -0.05) is 0 Å². The highest BCUT2D eigenvalue weighted by atomic mass is 32.2. The molecule has 0 radical (unpaired) electrons. The molecule has 164 valence electrons. The summed E-state index contributed by atoms with van der Waals surface area (Å²) in [6, 6.07) is 12.1. The van der Waals surface area contributed by atoms with Crippen molar-refractivity contribution in [2.75, 3.05) is 16.6 Å². The lowest BCUT2D eigenvalue weighted by atomic mass is 10.1. The Kier molecular flexibility index (Phi) is 5.93. The zero-order chi connectivity index (χ0) is 22.7. The number of anilines is 2. The van der Waals surface area contributed by atoms with Crippen LogP contribution in [0.3, 0.4) is 0 Å². The summed E-state index contributed by atoms with van der Waals surface area (Å²) in [5.41, 5.74) is 1.10. The van der Waals surface area contributed by atoms with E-state index >= 15 is 0 Å².